The number of aliphatic carboxylic acids is 1. The molecule has 5 aliphatic rings. The second kappa shape index (κ2) is 6.95. The minimum atomic E-state index is -0.545. The molecule has 0 heterocycles. The molecule has 0 amide bonds. The third-order valence-electron chi connectivity index (χ3n) is 12.4. The first kappa shape index (κ1) is 22.7. The Balaban J connectivity index is 1.57. The van der Waals surface area contributed by atoms with Crippen molar-refractivity contribution >= 4 is 11.8 Å². The molecule has 0 aliphatic heterocycles. The molecule has 3 nitrogen and oxygen atoms in total. The van der Waals surface area contributed by atoms with Gasteiger partial charge in [-0.1, -0.05) is 53.2 Å². The molecule has 4 fully saturated rings. The van der Waals surface area contributed by atoms with Gasteiger partial charge in [-0.2, -0.15) is 0 Å². The summed E-state index contributed by atoms with van der Waals surface area (Å²) in [6, 6.07) is 0. The van der Waals surface area contributed by atoms with Crippen molar-refractivity contribution in [2.45, 2.75) is 99.3 Å². The van der Waals surface area contributed by atoms with Crippen LogP contribution in [0.4, 0.5) is 0 Å². The molecule has 0 spiro atoms. The van der Waals surface area contributed by atoms with Gasteiger partial charge in [0.05, 0.1) is 5.41 Å². The summed E-state index contributed by atoms with van der Waals surface area (Å²) in [5, 5.41) is 10.4. The third kappa shape index (κ3) is 2.66. The van der Waals surface area contributed by atoms with E-state index in [1.165, 1.54) is 12.0 Å². The zero-order valence-corrected chi connectivity index (χ0v) is 21.2. The van der Waals surface area contributed by atoms with Crippen molar-refractivity contribution in [3.8, 4) is 0 Å². The van der Waals surface area contributed by atoms with Crippen LogP contribution in [0.25, 0.3) is 0 Å². The van der Waals surface area contributed by atoms with Crippen molar-refractivity contribution in [2.75, 3.05) is 0 Å². The number of rotatable bonds is 1. The van der Waals surface area contributed by atoms with Crippen LogP contribution in [0.2, 0.25) is 0 Å². The number of Topliss-reactive ketones (excluding diaryl/α,β-unsaturated/α-hetero) is 1. The number of hydrogen-bond acceptors (Lipinski definition) is 2. The summed E-state index contributed by atoms with van der Waals surface area (Å²) in [6.07, 6.45) is 11.5. The first-order valence-corrected chi connectivity index (χ1v) is 13.4. The number of carbonyl (C=O) groups excluding carboxylic acids is 1. The van der Waals surface area contributed by atoms with E-state index in [-0.39, 0.29) is 22.2 Å². The van der Waals surface area contributed by atoms with Crippen molar-refractivity contribution in [3.05, 3.63) is 11.6 Å². The average Bonchev–Trinajstić information content (AvgIpc) is 2.73. The van der Waals surface area contributed by atoms with Crippen molar-refractivity contribution in [1.29, 1.82) is 0 Å². The van der Waals surface area contributed by atoms with Gasteiger partial charge in [0.1, 0.15) is 5.78 Å². The second-order valence-electron chi connectivity index (χ2n) is 13.6. The van der Waals surface area contributed by atoms with Crippen LogP contribution in [0.5, 0.6) is 0 Å². The van der Waals surface area contributed by atoms with Gasteiger partial charge in [-0.05, 0) is 97.7 Å². The normalized spacial score (nSPS) is 52.1. The van der Waals surface area contributed by atoms with Gasteiger partial charge in [0.2, 0.25) is 0 Å². The lowest BCUT2D eigenvalue weighted by atomic mass is 9.37. The topological polar surface area (TPSA) is 54.4 Å². The van der Waals surface area contributed by atoms with Gasteiger partial charge in [0, 0.05) is 11.8 Å². The maximum Gasteiger partial charge on any atom is 0.310 e. The van der Waals surface area contributed by atoms with Crippen LogP contribution in [-0.4, -0.2) is 16.9 Å². The largest absolute Gasteiger partial charge is 0.481 e. The highest BCUT2D eigenvalue weighted by atomic mass is 16.4. The summed E-state index contributed by atoms with van der Waals surface area (Å²) in [6.45, 7) is 14.1. The SMILES string of the molecule is CC1C2C3=CCC4C(C)(CCC5C(C)(C)C(=O)CCC54C)C3CCC2(C(=O)O)CC[C@H]1C. The molecule has 0 aromatic heterocycles. The smallest absolute Gasteiger partial charge is 0.310 e. The van der Waals surface area contributed by atoms with E-state index < -0.39 is 11.4 Å². The van der Waals surface area contributed by atoms with E-state index in [1.807, 2.05) is 0 Å². The maximum absolute atomic E-state index is 12.8. The number of fused-ring (bicyclic) bond motifs is 7. The number of carboxylic acid groups (broad SMARTS) is 1. The Kier molecular flexibility index (Phi) is 4.92. The first-order chi connectivity index (χ1) is 14.9. The van der Waals surface area contributed by atoms with Gasteiger partial charge in [-0.15, -0.1) is 0 Å². The Bertz CT molecular complexity index is 870. The van der Waals surface area contributed by atoms with E-state index in [2.05, 4.69) is 47.6 Å². The Morgan fingerprint density at radius 3 is 2.31 bits per heavy atom. The Morgan fingerprint density at radius 2 is 1.62 bits per heavy atom. The Hall–Kier alpha value is -1.12. The molecule has 0 radical (unpaired) electrons. The molecule has 9 atom stereocenters. The standard InChI is InChI=1S/C29H44O3/c1-17-9-15-29(25(31)32)16-10-20-19(24(29)18(17)2)7-8-22-27(20,5)13-11-21-26(3,4)23(30)12-14-28(21,22)6/h7,17-18,20-22,24H,8-16H2,1-6H3,(H,31,32)/t17-,18?,20?,21?,22?,24?,27?,28?,29?/m1/s1. The summed E-state index contributed by atoms with van der Waals surface area (Å²) in [7, 11) is 0. The van der Waals surface area contributed by atoms with Gasteiger partial charge in [0.15, 0.2) is 0 Å². The highest BCUT2D eigenvalue weighted by Gasteiger charge is 2.66. The van der Waals surface area contributed by atoms with E-state index in [4.69, 9.17) is 0 Å². The summed E-state index contributed by atoms with van der Waals surface area (Å²) in [5.41, 5.74) is 1.20. The van der Waals surface area contributed by atoms with Crippen LogP contribution in [-0.2, 0) is 9.59 Å². The van der Waals surface area contributed by atoms with Gasteiger partial charge in [0.25, 0.3) is 0 Å². The van der Waals surface area contributed by atoms with E-state index in [0.29, 0.717) is 35.4 Å². The highest BCUT2D eigenvalue weighted by molar-refractivity contribution is 5.85. The highest BCUT2D eigenvalue weighted by Crippen LogP contribution is 2.71. The fourth-order valence-corrected chi connectivity index (χ4v) is 10.3. The minimum absolute atomic E-state index is 0.204. The molecule has 3 heteroatoms. The lowest BCUT2D eigenvalue weighted by Gasteiger charge is -2.67. The van der Waals surface area contributed by atoms with E-state index >= 15 is 0 Å². The maximum atomic E-state index is 12.8. The minimum Gasteiger partial charge on any atom is -0.481 e. The lowest BCUT2D eigenvalue weighted by molar-refractivity contribution is -0.175. The fourth-order valence-electron chi connectivity index (χ4n) is 10.3. The van der Waals surface area contributed by atoms with Crippen LogP contribution < -0.4 is 0 Å². The van der Waals surface area contributed by atoms with Crippen LogP contribution in [0.1, 0.15) is 99.3 Å². The van der Waals surface area contributed by atoms with Crippen LogP contribution in [0.15, 0.2) is 11.6 Å². The number of carboxylic acids is 1. The van der Waals surface area contributed by atoms with Gasteiger partial charge >= 0.3 is 5.97 Å². The zero-order valence-electron chi connectivity index (χ0n) is 21.2. The Morgan fingerprint density at radius 1 is 0.938 bits per heavy atom. The molecule has 4 saturated carbocycles. The fraction of sp³-hybridized carbons (Fsp3) is 0.862. The third-order valence-corrected chi connectivity index (χ3v) is 12.4. The van der Waals surface area contributed by atoms with Crippen LogP contribution >= 0.6 is 0 Å². The molecular weight excluding hydrogens is 396 g/mol. The lowest BCUT2D eigenvalue weighted by Crippen LogP contribution is -2.62. The van der Waals surface area contributed by atoms with Gasteiger partial charge < -0.3 is 5.11 Å². The van der Waals surface area contributed by atoms with E-state index in [9.17, 15) is 14.7 Å². The summed E-state index contributed by atoms with van der Waals surface area (Å²) < 4.78 is 0. The predicted octanol–water partition coefficient (Wildman–Crippen LogP) is 6.91. The van der Waals surface area contributed by atoms with Gasteiger partial charge in [-0.25, -0.2) is 0 Å². The molecule has 32 heavy (non-hydrogen) atoms. The molecular formula is C29H44O3. The number of carbonyl (C=O) groups is 2. The van der Waals surface area contributed by atoms with E-state index in [1.54, 1.807) is 0 Å². The molecule has 8 unspecified atom stereocenters. The molecule has 0 bridgehead atoms. The molecule has 1 N–H and O–H groups in total. The number of ketones is 1. The van der Waals surface area contributed by atoms with Crippen molar-refractivity contribution in [2.24, 2.45) is 57.2 Å². The molecule has 0 aromatic carbocycles. The summed E-state index contributed by atoms with van der Waals surface area (Å²) in [4.78, 5) is 25.5. The molecule has 5 rings (SSSR count). The second-order valence-corrected chi connectivity index (χ2v) is 13.6. The first-order valence-electron chi connectivity index (χ1n) is 13.4. The number of allylic oxidation sites excluding steroid dienone is 2. The summed E-state index contributed by atoms with van der Waals surface area (Å²) >= 11 is 0. The van der Waals surface area contributed by atoms with Crippen LogP contribution in [0.3, 0.4) is 0 Å². The van der Waals surface area contributed by atoms with Gasteiger partial charge in [-0.3, -0.25) is 9.59 Å². The zero-order chi connectivity index (χ0) is 23.3. The van der Waals surface area contributed by atoms with Crippen molar-refractivity contribution in [1.82, 2.24) is 0 Å². The molecule has 0 saturated heterocycles. The van der Waals surface area contributed by atoms with Crippen LogP contribution in [0, 0.1) is 57.2 Å². The van der Waals surface area contributed by atoms with E-state index in [0.717, 1.165) is 51.4 Å². The van der Waals surface area contributed by atoms with Crippen molar-refractivity contribution in [3.63, 3.8) is 0 Å². The average molecular weight is 441 g/mol. The Labute approximate surface area is 194 Å². The molecule has 5 aliphatic carbocycles. The predicted molar refractivity (Wildman–Crippen MR) is 127 cm³/mol. The van der Waals surface area contributed by atoms with Crippen molar-refractivity contribution < 1.29 is 14.7 Å². The molecule has 178 valence electrons. The monoisotopic (exact) mass is 440 g/mol. The number of hydrogen-bond donors (Lipinski definition) is 1. The molecule has 0 aromatic rings. The quantitative estimate of drug-likeness (QED) is 0.451. The summed E-state index contributed by atoms with van der Waals surface area (Å²) in [5.74, 6) is 2.74.